The number of benzene rings is 2. The van der Waals surface area contributed by atoms with Gasteiger partial charge >= 0.3 is 5.97 Å². The third-order valence-corrected chi connectivity index (χ3v) is 5.93. The number of carbonyl (C=O) groups is 2. The largest absolute Gasteiger partial charge is 0.478 e. The van der Waals surface area contributed by atoms with E-state index in [2.05, 4.69) is 15.6 Å². The van der Waals surface area contributed by atoms with Gasteiger partial charge in [-0.15, -0.1) is 11.3 Å². The Balaban J connectivity index is 1.64. The van der Waals surface area contributed by atoms with Gasteiger partial charge in [0.1, 0.15) is 5.56 Å². The zero-order valence-electron chi connectivity index (χ0n) is 14.1. The quantitative estimate of drug-likeness (QED) is 0.479. The van der Waals surface area contributed by atoms with Crippen molar-refractivity contribution in [2.45, 2.75) is 4.90 Å². The summed E-state index contributed by atoms with van der Waals surface area (Å²) < 4.78 is 0. The summed E-state index contributed by atoms with van der Waals surface area (Å²) in [6.07, 6.45) is 0. The van der Waals surface area contributed by atoms with Gasteiger partial charge in [0.15, 0.2) is 0 Å². The Kier molecular flexibility index (Phi) is 4.75. The minimum Gasteiger partial charge on any atom is -0.478 e. The SMILES string of the molecule is N#Cc1ccc(-c2scc(NC(=O)c3ccc4c(c3)NNS4)c2C(=O)O)cc1. The predicted molar refractivity (Wildman–Crippen MR) is 108 cm³/mol. The summed E-state index contributed by atoms with van der Waals surface area (Å²) in [5.41, 5.74) is 5.58. The number of nitrogens with one attached hydrogen (secondary N) is 3. The van der Waals surface area contributed by atoms with Crippen LogP contribution in [0, 0.1) is 11.3 Å². The summed E-state index contributed by atoms with van der Waals surface area (Å²) in [6.45, 7) is 0. The highest BCUT2D eigenvalue weighted by molar-refractivity contribution is 7.98. The van der Waals surface area contributed by atoms with Crippen molar-refractivity contribution in [3.8, 4) is 16.5 Å². The monoisotopic (exact) mass is 408 g/mol. The molecule has 1 aliphatic heterocycles. The Morgan fingerprint density at radius 2 is 1.93 bits per heavy atom. The second-order valence-corrected chi connectivity index (χ2v) is 7.57. The van der Waals surface area contributed by atoms with Gasteiger partial charge in [0, 0.05) is 15.8 Å². The lowest BCUT2D eigenvalue weighted by atomic mass is 10.1. The van der Waals surface area contributed by atoms with Crippen LogP contribution >= 0.6 is 23.3 Å². The molecule has 1 aliphatic rings. The van der Waals surface area contributed by atoms with E-state index in [1.165, 1.54) is 23.3 Å². The number of carboxylic acid groups (broad SMARTS) is 1. The van der Waals surface area contributed by atoms with E-state index in [0.29, 0.717) is 21.6 Å². The molecule has 28 heavy (non-hydrogen) atoms. The normalized spacial score (nSPS) is 12.0. The summed E-state index contributed by atoms with van der Waals surface area (Å²) in [7, 11) is 0. The number of carboxylic acids is 1. The summed E-state index contributed by atoms with van der Waals surface area (Å²) in [5.74, 6) is -1.53. The van der Waals surface area contributed by atoms with Gasteiger partial charge in [0.2, 0.25) is 0 Å². The lowest BCUT2D eigenvalue weighted by Crippen LogP contribution is -2.14. The summed E-state index contributed by atoms with van der Waals surface area (Å²) in [6, 6.07) is 13.9. The van der Waals surface area contributed by atoms with Crippen molar-refractivity contribution < 1.29 is 14.7 Å². The third-order valence-electron chi connectivity index (χ3n) is 4.12. The van der Waals surface area contributed by atoms with Crippen molar-refractivity contribution in [1.82, 2.24) is 4.83 Å². The van der Waals surface area contributed by atoms with Gasteiger partial charge < -0.3 is 15.8 Å². The number of thiophene rings is 1. The van der Waals surface area contributed by atoms with E-state index in [0.717, 1.165) is 10.6 Å². The second-order valence-electron chi connectivity index (χ2n) is 5.84. The molecule has 9 heteroatoms. The number of aromatic carboxylic acids is 1. The van der Waals surface area contributed by atoms with Gasteiger partial charge in [-0.1, -0.05) is 12.1 Å². The molecule has 7 nitrogen and oxygen atoms in total. The second kappa shape index (κ2) is 7.36. The maximum Gasteiger partial charge on any atom is 0.339 e. The Labute approximate surface area is 168 Å². The minimum absolute atomic E-state index is 0.0274. The van der Waals surface area contributed by atoms with Crippen LogP contribution in [-0.4, -0.2) is 17.0 Å². The number of hydrazine groups is 1. The number of nitrogens with zero attached hydrogens (tertiary/aromatic N) is 1. The van der Waals surface area contributed by atoms with E-state index in [1.54, 1.807) is 41.8 Å². The van der Waals surface area contributed by atoms with Crippen LogP contribution in [0.1, 0.15) is 26.3 Å². The molecular formula is C19H12N4O3S2. The zero-order valence-corrected chi connectivity index (χ0v) is 15.8. The summed E-state index contributed by atoms with van der Waals surface area (Å²) >= 11 is 2.64. The first kappa shape index (κ1) is 18.1. The Bertz CT molecular complexity index is 1130. The molecule has 1 amide bonds. The summed E-state index contributed by atoms with van der Waals surface area (Å²) in [5, 5.41) is 22.9. The molecule has 0 saturated carbocycles. The van der Waals surface area contributed by atoms with Crippen molar-refractivity contribution in [2.75, 3.05) is 10.7 Å². The molecule has 2 aromatic carbocycles. The van der Waals surface area contributed by atoms with Gasteiger partial charge in [-0.25, -0.2) is 4.79 Å². The molecule has 0 spiro atoms. The number of carbonyl (C=O) groups excluding carboxylic acids is 1. The molecular weight excluding hydrogens is 396 g/mol. The van der Waals surface area contributed by atoms with Gasteiger partial charge in [0.05, 0.1) is 27.9 Å². The molecule has 1 aromatic heterocycles. The smallest absolute Gasteiger partial charge is 0.339 e. The van der Waals surface area contributed by atoms with Crippen molar-refractivity contribution in [3.63, 3.8) is 0 Å². The molecule has 4 N–H and O–H groups in total. The maximum atomic E-state index is 12.6. The molecule has 0 aliphatic carbocycles. The van der Waals surface area contributed by atoms with E-state index in [-0.39, 0.29) is 11.3 Å². The molecule has 0 unspecified atom stereocenters. The average Bonchev–Trinajstić information content (AvgIpc) is 3.34. The minimum atomic E-state index is -1.13. The van der Waals surface area contributed by atoms with E-state index in [9.17, 15) is 14.7 Å². The van der Waals surface area contributed by atoms with Crippen molar-refractivity contribution in [3.05, 3.63) is 64.5 Å². The van der Waals surface area contributed by atoms with Crippen LogP contribution in [-0.2, 0) is 0 Å². The van der Waals surface area contributed by atoms with E-state index >= 15 is 0 Å². The predicted octanol–water partition coefficient (Wildman–Crippen LogP) is 4.17. The lowest BCUT2D eigenvalue weighted by Gasteiger charge is -2.07. The molecule has 0 radical (unpaired) electrons. The van der Waals surface area contributed by atoms with Gasteiger partial charge in [-0.3, -0.25) is 4.79 Å². The van der Waals surface area contributed by atoms with E-state index in [1.807, 2.05) is 12.1 Å². The maximum absolute atomic E-state index is 12.6. The highest BCUT2D eigenvalue weighted by Crippen LogP contribution is 2.37. The van der Waals surface area contributed by atoms with Crippen LogP contribution in [0.25, 0.3) is 10.4 Å². The first-order valence-electron chi connectivity index (χ1n) is 8.05. The van der Waals surface area contributed by atoms with Crippen molar-refractivity contribution >= 4 is 46.5 Å². The van der Waals surface area contributed by atoms with E-state index < -0.39 is 11.9 Å². The fourth-order valence-corrected chi connectivity index (χ4v) is 4.39. The number of hydrogen-bond acceptors (Lipinski definition) is 7. The van der Waals surface area contributed by atoms with Gasteiger partial charge in [-0.05, 0) is 47.8 Å². The number of anilines is 2. The van der Waals surface area contributed by atoms with Crippen LogP contribution in [0.5, 0.6) is 0 Å². The number of nitriles is 1. The van der Waals surface area contributed by atoms with Crippen molar-refractivity contribution in [2.24, 2.45) is 0 Å². The first-order valence-corrected chi connectivity index (χ1v) is 9.75. The Hall–Kier alpha value is -3.32. The fourth-order valence-electron chi connectivity index (χ4n) is 2.76. The van der Waals surface area contributed by atoms with Crippen LogP contribution in [0.4, 0.5) is 11.4 Å². The van der Waals surface area contributed by atoms with Gasteiger partial charge in [-0.2, -0.15) is 10.1 Å². The Morgan fingerprint density at radius 1 is 1.14 bits per heavy atom. The highest BCUT2D eigenvalue weighted by atomic mass is 32.2. The molecule has 0 bridgehead atoms. The average molecular weight is 408 g/mol. The van der Waals surface area contributed by atoms with Crippen LogP contribution in [0.15, 0.2) is 52.7 Å². The van der Waals surface area contributed by atoms with Crippen LogP contribution < -0.4 is 15.6 Å². The van der Waals surface area contributed by atoms with Crippen molar-refractivity contribution in [1.29, 1.82) is 5.26 Å². The molecule has 3 aromatic rings. The molecule has 4 rings (SSSR count). The number of rotatable bonds is 4. The molecule has 2 heterocycles. The van der Waals surface area contributed by atoms with Crippen LogP contribution in [0.3, 0.4) is 0 Å². The number of fused-ring (bicyclic) bond motifs is 1. The zero-order chi connectivity index (χ0) is 19.7. The third kappa shape index (κ3) is 3.32. The highest BCUT2D eigenvalue weighted by Gasteiger charge is 2.22. The molecule has 0 saturated heterocycles. The van der Waals surface area contributed by atoms with Gasteiger partial charge in [0.25, 0.3) is 5.91 Å². The van der Waals surface area contributed by atoms with Crippen LogP contribution in [0.2, 0.25) is 0 Å². The first-order chi connectivity index (χ1) is 13.6. The Morgan fingerprint density at radius 3 is 2.64 bits per heavy atom. The number of amides is 1. The fraction of sp³-hybridized carbons (Fsp3) is 0. The standard InChI is InChI=1S/C19H12N4O3S2/c20-8-10-1-3-11(4-2-10)17-16(19(25)26)14(9-27-17)21-18(24)12-5-6-15-13(7-12)22-23-28-15/h1-7,9,22-23H,(H,21,24)(H,25,26). The number of hydrogen-bond donors (Lipinski definition) is 4. The summed E-state index contributed by atoms with van der Waals surface area (Å²) in [4.78, 5) is 28.9. The molecule has 0 atom stereocenters. The molecule has 138 valence electrons. The molecule has 0 fully saturated rings. The van der Waals surface area contributed by atoms with E-state index in [4.69, 9.17) is 5.26 Å². The topological polar surface area (TPSA) is 114 Å². The lowest BCUT2D eigenvalue weighted by molar-refractivity contribution is 0.0699.